The van der Waals surface area contributed by atoms with Crippen LogP contribution in [0.25, 0.3) is 0 Å². The van der Waals surface area contributed by atoms with Crippen LogP contribution < -0.4 is 0 Å². The molecule has 0 aromatic carbocycles. The normalized spacial score (nSPS) is 48.4. The van der Waals surface area contributed by atoms with Gasteiger partial charge in [-0.2, -0.15) is 0 Å². The van der Waals surface area contributed by atoms with Gasteiger partial charge in [0.05, 0.1) is 0 Å². The Morgan fingerprint density at radius 1 is 1.24 bits per heavy atom. The summed E-state index contributed by atoms with van der Waals surface area (Å²) >= 11 is 5.28. The molecule has 0 spiro atoms. The van der Waals surface area contributed by atoms with E-state index in [1.165, 1.54) is 32.1 Å². The Morgan fingerprint density at radius 3 is 2.18 bits per heavy atom. The Morgan fingerprint density at radius 2 is 1.82 bits per heavy atom. The van der Waals surface area contributed by atoms with Gasteiger partial charge in [-0.05, 0) is 48.9 Å². The van der Waals surface area contributed by atoms with Crippen LogP contribution in [0.5, 0.6) is 0 Å². The Kier molecular flexibility index (Phi) is 4.46. The van der Waals surface area contributed by atoms with Gasteiger partial charge < -0.3 is 0 Å². The van der Waals surface area contributed by atoms with Crippen molar-refractivity contribution in [1.29, 1.82) is 0 Å². The number of hydrogen-bond donors (Lipinski definition) is 0. The zero-order chi connectivity index (χ0) is 12.8. The Balaban J connectivity index is 1.85. The minimum absolute atomic E-state index is 0.621. The Bertz CT molecular complexity index is 277. The average Bonchev–Trinajstić information content (AvgIpc) is 2.84. The highest BCUT2D eigenvalue weighted by Crippen LogP contribution is 2.62. The highest BCUT2D eigenvalue weighted by atomic mass is 127. The summed E-state index contributed by atoms with van der Waals surface area (Å²) in [7, 11) is 0. The topological polar surface area (TPSA) is 0 Å². The van der Waals surface area contributed by atoms with Crippen LogP contribution in [-0.2, 0) is 0 Å². The van der Waals surface area contributed by atoms with Crippen molar-refractivity contribution >= 4 is 45.2 Å². The van der Waals surface area contributed by atoms with Crippen molar-refractivity contribution in [2.45, 2.75) is 67.1 Å². The van der Waals surface area contributed by atoms with Crippen LogP contribution in [0.2, 0.25) is 0 Å². The number of hydrogen-bond acceptors (Lipinski definition) is 0. The van der Waals surface area contributed by atoms with E-state index in [0.717, 1.165) is 21.7 Å². The molecule has 0 aromatic rings. The molecule has 4 atom stereocenters. The van der Waals surface area contributed by atoms with Gasteiger partial charge in [-0.1, -0.05) is 79.3 Å². The van der Waals surface area contributed by atoms with Crippen LogP contribution in [0, 0.1) is 23.2 Å². The maximum Gasteiger partial charge on any atom is 0.0199 e. The van der Waals surface area contributed by atoms with Crippen molar-refractivity contribution in [3.63, 3.8) is 0 Å². The molecule has 2 saturated carbocycles. The largest absolute Gasteiger partial charge is 0.0826 e. The van der Waals surface area contributed by atoms with Gasteiger partial charge in [0, 0.05) is 7.35 Å². The molecule has 2 rings (SSSR count). The SMILES string of the molecule is CCC(CC1(C)C[C@H]1[C@@H](C)I)C1CC(C)(I)C1. The summed E-state index contributed by atoms with van der Waals surface area (Å²) < 4.78 is 1.49. The van der Waals surface area contributed by atoms with Crippen molar-refractivity contribution in [2.24, 2.45) is 23.2 Å². The summed E-state index contributed by atoms with van der Waals surface area (Å²) in [5, 5.41) is 0. The van der Waals surface area contributed by atoms with E-state index in [-0.39, 0.29) is 0 Å². The second-order valence-electron chi connectivity index (χ2n) is 7.10. The average molecular weight is 460 g/mol. The molecule has 0 heterocycles. The third kappa shape index (κ3) is 3.32. The standard InChI is InChI=1S/C15H26I2/c1-5-11(12-7-15(4,17)8-12)6-14(3)9-13(14)10(2)16/h10-13H,5-9H2,1-4H3/t10-,11?,12?,13+,14?,15?/m1/s1. The van der Waals surface area contributed by atoms with Crippen molar-refractivity contribution < 1.29 is 0 Å². The maximum absolute atomic E-state index is 2.66. The van der Waals surface area contributed by atoms with Gasteiger partial charge >= 0.3 is 0 Å². The minimum Gasteiger partial charge on any atom is -0.0826 e. The van der Waals surface area contributed by atoms with Gasteiger partial charge in [-0.15, -0.1) is 0 Å². The first-order valence-corrected chi connectivity index (χ1v) is 9.43. The second kappa shape index (κ2) is 5.10. The van der Waals surface area contributed by atoms with Gasteiger partial charge in [0.1, 0.15) is 0 Å². The molecule has 100 valence electrons. The van der Waals surface area contributed by atoms with Crippen molar-refractivity contribution in [1.82, 2.24) is 0 Å². The molecule has 2 aliphatic rings. The van der Waals surface area contributed by atoms with Crippen LogP contribution in [0.4, 0.5) is 0 Å². The molecule has 0 aromatic heterocycles. The monoisotopic (exact) mass is 460 g/mol. The van der Waals surface area contributed by atoms with E-state index in [0.29, 0.717) is 8.84 Å². The maximum atomic E-state index is 2.66. The fourth-order valence-corrected chi connectivity index (χ4v) is 6.26. The molecule has 0 amide bonds. The molecule has 2 heteroatoms. The zero-order valence-electron chi connectivity index (χ0n) is 11.6. The lowest BCUT2D eigenvalue weighted by atomic mass is 9.66. The van der Waals surface area contributed by atoms with E-state index in [1.807, 2.05) is 0 Å². The van der Waals surface area contributed by atoms with E-state index < -0.39 is 0 Å². The van der Waals surface area contributed by atoms with E-state index in [2.05, 4.69) is 72.9 Å². The number of halogens is 2. The summed E-state index contributed by atoms with van der Waals surface area (Å²) in [5.74, 6) is 3.04. The molecule has 2 fully saturated rings. The molecule has 0 N–H and O–H groups in total. The summed E-state index contributed by atoms with van der Waals surface area (Å²) in [6, 6.07) is 0. The predicted octanol–water partition coefficient (Wildman–Crippen LogP) is 5.86. The summed E-state index contributed by atoms with van der Waals surface area (Å²) in [6.07, 6.45) is 7.31. The van der Waals surface area contributed by atoms with E-state index >= 15 is 0 Å². The fraction of sp³-hybridized carbons (Fsp3) is 1.00. The second-order valence-corrected chi connectivity index (χ2v) is 11.7. The fourth-order valence-electron chi connectivity index (χ4n) is 4.01. The van der Waals surface area contributed by atoms with Crippen LogP contribution in [0.1, 0.15) is 59.8 Å². The summed E-state index contributed by atoms with van der Waals surface area (Å²) in [6.45, 7) is 9.76. The first-order valence-electron chi connectivity index (χ1n) is 7.10. The lowest BCUT2D eigenvalue weighted by molar-refractivity contribution is 0.138. The molecule has 0 radical (unpaired) electrons. The smallest absolute Gasteiger partial charge is 0.0199 e. The molecule has 17 heavy (non-hydrogen) atoms. The van der Waals surface area contributed by atoms with E-state index in [4.69, 9.17) is 0 Å². The van der Waals surface area contributed by atoms with Crippen molar-refractivity contribution in [2.75, 3.05) is 0 Å². The van der Waals surface area contributed by atoms with Gasteiger partial charge in [0.15, 0.2) is 0 Å². The first kappa shape index (κ1) is 14.9. The third-order valence-electron chi connectivity index (χ3n) is 5.27. The van der Waals surface area contributed by atoms with Crippen molar-refractivity contribution in [3.05, 3.63) is 0 Å². The van der Waals surface area contributed by atoms with Gasteiger partial charge in [-0.3, -0.25) is 0 Å². The highest BCUT2D eigenvalue weighted by molar-refractivity contribution is 14.1. The van der Waals surface area contributed by atoms with E-state index in [1.54, 1.807) is 0 Å². The predicted molar refractivity (Wildman–Crippen MR) is 93.2 cm³/mol. The number of alkyl halides is 2. The molecule has 0 saturated heterocycles. The molecule has 0 nitrogen and oxygen atoms in total. The van der Waals surface area contributed by atoms with Crippen LogP contribution in [0.15, 0.2) is 0 Å². The van der Waals surface area contributed by atoms with E-state index in [9.17, 15) is 0 Å². The molecule has 0 aliphatic heterocycles. The first-order chi connectivity index (χ1) is 7.77. The number of rotatable bonds is 5. The van der Waals surface area contributed by atoms with Crippen LogP contribution in [-0.4, -0.2) is 7.35 Å². The molecule has 2 unspecified atom stereocenters. The van der Waals surface area contributed by atoms with Crippen molar-refractivity contribution in [3.8, 4) is 0 Å². The van der Waals surface area contributed by atoms with Gasteiger partial charge in [0.25, 0.3) is 0 Å². The summed E-state index contributed by atoms with van der Waals surface area (Å²) in [5.41, 5.74) is 0.693. The lowest BCUT2D eigenvalue weighted by Crippen LogP contribution is -2.39. The molecular weight excluding hydrogens is 434 g/mol. The zero-order valence-corrected chi connectivity index (χ0v) is 15.9. The van der Waals surface area contributed by atoms with Gasteiger partial charge in [-0.25, -0.2) is 0 Å². The lowest BCUT2D eigenvalue weighted by Gasteiger charge is -2.46. The highest BCUT2D eigenvalue weighted by Gasteiger charge is 2.54. The van der Waals surface area contributed by atoms with Crippen LogP contribution >= 0.6 is 45.2 Å². The molecule has 2 aliphatic carbocycles. The molecule has 0 bridgehead atoms. The van der Waals surface area contributed by atoms with Crippen LogP contribution in [0.3, 0.4) is 0 Å². The third-order valence-corrected chi connectivity index (χ3v) is 7.02. The molecular formula is C15H26I2. The Labute approximate surface area is 134 Å². The quantitative estimate of drug-likeness (QED) is 0.357. The Hall–Kier alpha value is 1.46. The summed E-state index contributed by atoms with van der Waals surface area (Å²) in [4.78, 5) is 0. The van der Waals surface area contributed by atoms with Gasteiger partial charge in [0.2, 0.25) is 0 Å². The minimum atomic E-state index is 0.621.